The molecule has 26 heavy (non-hydrogen) atoms. The second-order valence-electron chi connectivity index (χ2n) is 6.30. The lowest BCUT2D eigenvalue weighted by Gasteiger charge is -2.22. The van der Waals surface area contributed by atoms with Crippen LogP contribution in [0.25, 0.3) is 0 Å². The highest BCUT2D eigenvalue weighted by atomic mass is 16.5. The van der Waals surface area contributed by atoms with Gasteiger partial charge in [0.2, 0.25) is 5.95 Å². The zero-order valence-corrected chi connectivity index (χ0v) is 15.1. The number of amides is 1. The summed E-state index contributed by atoms with van der Waals surface area (Å²) in [6.07, 6.45) is 9.14. The van der Waals surface area contributed by atoms with Crippen LogP contribution in [0.15, 0.2) is 30.6 Å². The number of hydrogen-bond acceptors (Lipinski definition) is 6. The van der Waals surface area contributed by atoms with Crippen LogP contribution in [0.1, 0.15) is 42.5 Å². The number of benzene rings is 1. The molecule has 2 N–H and O–H groups in total. The van der Waals surface area contributed by atoms with Crippen LogP contribution < -0.4 is 20.1 Å². The molecule has 0 unspecified atom stereocenters. The number of carbonyl (C=O) groups is 1. The van der Waals surface area contributed by atoms with Crippen molar-refractivity contribution in [1.29, 1.82) is 0 Å². The van der Waals surface area contributed by atoms with E-state index >= 15 is 0 Å². The summed E-state index contributed by atoms with van der Waals surface area (Å²) in [5.41, 5.74) is 1.01. The van der Waals surface area contributed by atoms with E-state index in [0.717, 1.165) is 12.8 Å². The molecule has 0 saturated heterocycles. The molecule has 2 aromatic rings. The van der Waals surface area contributed by atoms with E-state index in [4.69, 9.17) is 9.47 Å². The normalized spacial score (nSPS) is 14.5. The molecule has 1 aromatic carbocycles. The van der Waals surface area contributed by atoms with E-state index in [1.165, 1.54) is 31.7 Å². The first-order chi connectivity index (χ1) is 12.7. The molecule has 1 saturated carbocycles. The van der Waals surface area contributed by atoms with Crippen LogP contribution in [0.3, 0.4) is 0 Å². The predicted molar refractivity (Wildman–Crippen MR) is 100 cm³/mol. The Hall–Kier alpha value is -2.83. The van der Waals surface area contributed by atoms with Crippen LogP contribution in [-0.4, -0.2) is 36.1 Å². The number of anilines is 2. The minimum absolute atomic E-state index is 0.276. The Bertz CT molecular complexity index is 743. The third kappa shape index (κ3) is 4.41. The van der Waals surface area contributed by atoms with E-state index in [2.05, 4.69) is 20.6 Å². The average Bonchev–Trinajstić information content (AvgIpc) is 2.69. The molecule has 0 radical (unpaired) electrons. The van der Waals surface area contributed by atoms with Gasteiger partial charge in [-0.05, 0) is 25.0 Å². The molecule has 1 heterocycles. The number of carbonyl (C=O) groups excluding carboxylic acids is 1. The molecule has 7 nitrogen and oxygen atoms in total. The summed E-state index contributed by atoms with van der Waals surface area (Å²) < 4.78 is 10.4. The van der Waals surface area contributed by atoms with Gasteiger partial charge >= 0.3 is 0 Å². The monoisotopic (exact) mass is 356 g/mol. The Labute approximate surface area is 153 Å². The quantitative estimate of drug-likeness (QED) is 0.824. The van der Waals surface area contributed by atoms with Crippen molar-refractivity contribution in [2.45, 2.75) is 38.1 Å². The van der Waals surface area contributed by atoms with E-state index in [0.29, 0.717) is 34.7 Å². The van der Waals surface area contributed by atoms with Crippen molar-refractivity contribution in [2.75, 3.05) is 24.9 Å². The molecule has 1 aromatic heterocycles. The van der Waals surface area contributed by atoms with Crippen molar-refractivity contribution in [3.8, 4) is 11.5 Å². The number of nitrogens with zero attached hydrogens (tertiary/aromatic N) is 2. The Balaban J connectivity index is 1.62. The lowest BCUT2D eigenvalue weighted by atomic mass is 9.96. The van der Waals surface area contributed by atoms with Gasteiger partial charge in [-0.15, -0.1) is 0 Å². The van der Waals surface area contributed by atoms with E-state index in [1.807, 2.05) is 0 Å². The average molecular weight is 356 g/mol. The van der Waals surface area contributed by atoms with Gasteiger partial charge in [0.05, 0.1) is 19.8 Å². The van der Waals surface area contributed by atoms with E-state index in [-0.39, 0.29) is 5.91 Å². The highest BCUT2D eigenvalue weighted by Gasteiger charge is 2.15. The van der Waals surface area contributed by atoms with Gasteiger partial charge in [-0.1, -0.05) is 19.3 Å². The first-order valence-electron chi connectivity index (χ1n) is 8.81. The number of nitrogens with one attached hydrogen (secondary N) is 2. The molecular formula is C19H24N4O3. The number of methoxy groups -OCH3 is 2. The Morgan fingerprint density at radius 1 is 1.04 bits per heavy atom. The van der Waals surface area contributed by atoms with Gasteiger partial charge in [-0.25, -0.2) is 9.97 Å². The molecule has 138 valence electrons. The third-order valence-corrected chi connectivity index (χ3v) is 4.49. The Morgan fingerprint density at radius 3 is 2.38 bits per heavy atom. The second kappa shape index (κ2) is 8.51. The molecule has 3 rings (SSSR count). The van der Waals surface area contributed by atoms with Gasteiger partial charge in [0.15, 0.2) is 11.5 Å². The van der Waals surface area contributed by atoms with Crippen LogP contribution in [-0.2, 0) is 0 Å². The molecule has 0 spiro atoms. The highest BCUT2D eigenvalue weighted by Crippen LogP contribution is 2.29. The van der Waals surface area contributed by atoms with Crippen LogP contribution in [0.2, 0.25) is 0 Å². The first-order valence-corrected chi connectivity index (χ1v) is 8.81. The third-order valence-electron chi connectivity index (χ3n) is 4.49. The molecule has 1 fully saturated rings. The summed E-state index contributed by atoms with van der Waals surface area (Å²) in [6.45, 7) is 0. The van der Waals surface area contributed by atoms with Crippen molar-refractivity contribution >= 4 is 17.5 Å². The van der Waals surface area contributed by atoms with Gasteiger partial charge in [-0.2, -0.15) is 0 Å². The van der Waals surface area contributed by atoms with Gasteiger partial charge in [0, 0.05) is 30.2 Å². The van der Waals surface area contributed by atoms with Crippen LogP contribution >= 0.6 is 0 Å². The molecule has 0 bridgehead atoms. The topological polar surface area (TPSA) is 85.4 Å². The van der Waals surface area contributed by atoms with Crippen molar-refractivity contribution in [2.24, 2.45) is 0 Å². The summed E-state index contributed by atoms with van der Waals surface area (Å²) in [5, 5.41) is 6.15. The largest absolute Gasteiger partial charge is 0.493 e. The number of hydrogen-bond donors (Lipinski definition) is 2. The summed E-state index contributed by atoms with van der Waals surface area (Å²) in [4.78, 5) is 20.9. The summed E-state index contributed by atoms with van der Waals surface area (Å²) in [6, 6.07) is 5.62. The molecule has 0 atom stereocenters. The number of aromatic nitrogens is 2. The molecule has 0 aliphatic heterocycles. The minimum atomic E-state index is -0.276. The van der Waals surface area contributed by atoms with Crippen molar-refractivity contribution in [3.05, 3.63) is 36.2 Å². The summed E-state index contributed by atoms with van der Waals surface area (Å²) in [5.74, 6) is 1.45. The predicted octanol–water partition coefficient (Wildman–Crippen LogP) is 3.49. The maximum atomic E-state index is 12.4. The van der Waals surface area contributed by atoms with Crippen LogP contribution in [0.4, 0.5) is 11.6 Å². The Kier molecular flexibility index (Phi) is 5.88. The molecule has 7 heteroatoms. The molecule has 1 aliphatic carbocycles. The lowest BCUT2D eigenvalue weighted by molar-refractivity contribution is 0.102. The van der Waals surface area contributed by atoms with E-state index in [9.17, 15) is 4.79 Å². The summed E-state index contributed by atoms with van der Waals surface area (Å²) >= 11 is 0. The lowest BCUT2D eigenvalue weighted by Crippen LogP contribution is -2.23. The fourth-order valence-corrected chi connectivity index (χ4v) is 3.07. The van der Waals surface area contributed by atoms with E-state index in [1.54, 1.807) is 32.4 Å². The summed E-state index contributed by atoms with van der Waals surface area (Å²) in [7, 11) is 3.12. The SMILES string of the molecule is COc1ccc(NC(=O)c2cnc(NC3CCCCC3)nc2)cc1OC. The van der Waals surface area contributed by atoms with Crippen molar-refractivity contribution in [3.63, 3.8) is 0 Å². The smallest absolute Gasteiger partial charge is 0.258 e. The van der Waals surface area contributed by atoms with Gasteiger partial charge in [-0.3, -0.25) is 4.79 Å². The maximum absolute atomic E-state index is 12.4. The van der Waals surface area contributed by atoms with Crippen molar-refractivity contribution < 1.29 is 14.3 Å². The zero-order valence-electron chi connectivity index (χ0n) is 15.1. The van der Waals surface area contributed by atoms with E-state index < -0.39 is 0 Å². The minimum Gasteiger partial charge on any atom is -0.493 e. The fraction of sp³-hybridized carbons (Fsp3) is 0.421. The highest BCUT2D eigenvalue weighted by molar-refractivity contribution is 6.04. The number of rotatable bonds is 6. The molecule has 1 aliphatic rings. The van der Waals surface area contributed by atoms with Crippen LogP contribution in [0.5, 0.6) is 11.5 Å². The van der Waals surface area contributed by atoms with Gasteiger partial charge in [0.1, 0.15) is 0 Å². The molecule has 1 amide bonds. The second-order valence-corrected chi connectivity index (χ2v) is 6.30. The maximum Gasteiger partial charge on any atom is 0.258 e. The first kappa shape index (κ1) is 18.0. The van der Waals surface area contributed by atoms with Gasteiger partial charge in [0.25, 0.3) is 5.91 Å². The molecular weight excluding hydrogens is 332 g/mol. The Morgan fingerprint density at radius 2 is 1.73 bits per heavy atom. The number of ether oxygens (including phenoxy) is 2. The standard InChI is InChI=1S/C19H24N4O3/c1-25-16-9-8-15(10-17(16)26-2)22-18(24)13-11-20-19(21-12-13)23-14-6-4-3-5-7-14/h8-12,14H,3-7H2,1-2H3,(H,22,24)(H,20,21,23). The van der Waals surface area contributed by atoms with Crippen molar-refractivity contribution in [1.82, 2.24) is 9.97 Å². The van der Waals surface area contributed by atoms with Gasteiger partial charge < -0.3 is 20.1 Å². The zero-order chi connectivity index (χ0) is 18.4. The van der Waals surface area contributed by atoms with Crippen LogP contribution in [0, 0.1) is 0 Å². The fourth-order valence-electron chi connectivity index (χ4n) is 3.07.